The lowest BCUT2D eigenvalue weighted by molar-refractivity contribution is 0.0756. The Kier molecular flexibility index (Phi) is 6.21. The fourth-order valence-corrected chi connectivity index (χ4v) is 3.77. The second-order valence-electron chi connectivity index (χ2n) is 5.14. The van der Waals surface area contributed by atoms with Crippen LogP contribution < -0.4 is 9.47 Å². The largest absolute Gasteiger partial charge is 0.490 e. The highest BCUT2D eigenvalue weighted by Gasteiger charge is 2.28. The number of aliphatic hydroxyl groups is 1. The van der Waals surface area contributed by atoms with Crippen LogP contribution in [0.1, 0.15) is 25.5 Å². The molecule has 21 heavy (non-hydrogen) atoms. The second kappa shape index (κ2) is 7.92. The van der Waals surface area contributed by atoms with Gasteiger partial charge in [0, 0.05) is 24.1 Å². The molecule has 1 saturated heterocycles. The Balaban J connectivity index is 2.20. The summed E-state index contributed by atoms with van der Waals surface area (Å²) in [5.74, 6) is 3.53. The highest BCUT2D eigenvalue weighted by molar-refractivity contribution is 7.99. The number of aliphatic hydroxyl groups excluding tert-OH is 1. The lowest BCUT2D eigenvalue weighted by Crippen LogP contribution is -2.43. The minimum atomic E-state index is -0.502. The fraction of sp³-hybridized carbons (Fsp3) is 0.625. The fourth-order valence-electron chi connectivity index (χ4n) is 2.51. The van der Waals surface area contributed by atoms with Crippen molar-refractivity contribution >= 4 is 11.8 Å². The molecule has 1 aromatic rings. The monoisotopic (exact) mass is 311 g/mol. The van der Waals surface area contributed by atoms with Crippen LogP contribution in [0, 0.1) is 0 Å². The van der Waals surface area contributed by atoms with Gasteiger partial charge >= 0.3 is 0 Å². The molecule has 0 saturated carbocycles. The van der Waals surface area contributed by atoms with Gasteiger partial charge in [-0.05, 0) is 38.6 Å². The summed E-state index contributed by atoms with van der Waals surface area (Å²) in [6, 6.07) is 5.89. The molecular weight excluding hydrogens is 286 g/mol. The average molecular weight is 311 g/mol. The molecule has 1 aliphatic rings. The third-order valence-corrected chi connectivity index (χ3v) is 4.77. The summed E-state index contributed by atoms with van der Waals surface area (Å²) < 4.78 is 11.2. The lowest BCUT2D eigenvalue weighted by Gasteiger charge is -2.35. The molecule has 5 heteroatoms. The van der Waals surface area contributed by atoms with Crippen LogP contribution in [0.3, 0.4) is 0 Å². The zero-order valence-corrected chi connectivity index (χ0v) is 13.9. The Morgan fingerprint density at radius 3 is 2.67 bits per heavy atom. The van der Waals surface area contributed by atoms with Gasteiger partial charge in [0.05, 0.1) is 19.3 Å². The van der Waals surface area contributed by atoms with E-state index >= 15 is 0 Å². The van der Waals surface area contributed by atoms with E-state index in [0.29, 0.717) is 19.0 Å². The van der Waals surface area contributed by atoms with Crippen LogP contribution >= 0.6 is 11.8 Å². The van der Waals surface area contributed by atoms with Gasteiger partial charge in [0.15, 0.2) is 11.5 Å². The molecule has 1 fully saturated rings. The van der Waals surface area contributed by atoms with Crippen LogP contribution in [0.4, 0.5) is 0 Å². The number of benzene rings is 1. The summed E-state index contributed by atoms with van der Waals surface area (Å²) in [7, 11) is 2.08. The maximum Gasteiger partial charge on any atom is 0.161 e. The average Bonchev–Trinajstić information content (AvgIpc) is 2.49. The minimum absolute atomic E-state index is 0.149. The molecule has 0 radical (unpaired) electrons. The number of rotatable bonds is 6. The van der Waals surface area contributed by atoms with Crippen molar-refractivity contribution in [2.45, 2.75) is 26.0 Å². The van der Waals surface area contributed by atoms with Crippen LogP contribution in [0.5, 0.6) is 11.5 Å². The Bertz CT molecular complexity index is 455. The van der Waals surface area contributed by atoms with Crippen LogP contribution in [-0.4, -0.2) is 54.4 Å². The number of nitrogens with zero attached hydrogens (tertiary/aromatic N) is 1. The zero-order chi connectivity index (χ0) is 15.2. The molecule has 2 unspecified atom stereocenters. The van der Waals surface area contributed by atoms with Crippen LogP contribution in [0.25, 0.3) is 0 Å². The van der Waals surface area contributed by atoms with E-state index in [9.17, 15) is 5.11 Å². The second-order valence-corrected chi connectivity index (χ2v) is 6.29. The minimum Gasteiger partial charge on any atom is -0.490 e. The van der Waals surface area contributed by atoms with Gasteiger partial charge in [-0.3, -0.25) is 4.90 Å². The number of hydrogen-bond donors (Lipinski definition) is 1. The Labute approximate surface area is 131 Å². The number of likely N-dealkylation sites (N-methyl/N-ethyl adjacent to an activating group) is 1. The first-order chi connectivity index (χ1) is 10.2. The number of thioether (sulfide) groups is 1. The van der Waals surface area contributed by atoms with Gasteiger partial charge in [0.25, 0.3) is 0 Å². The van der Waals surface area contributed by atoms with Crippen LogP contribution in [0.15, 0.2) is 18.2 Å². The van der Waals surface area contributed by atoms with Gasteiger partial charge in [-0.1, -0.05) is 6.07 Å². The van der Waals surface area contributed by atoms with E-state index in [1.807, 2.05) is 43.8 Å². The van der Waals surface area contributed by atoms with Crippen molar-refractivity contribution < 1.29 is 14.6 Å². The zero-order valence-electron chi connectivity index (χ0n) is 13.0. The highest BCUT2D eigenvalue weighted by atomic mass is 32.2. The quantitative estimate of drug-likeness (QED) is 0.874. The van der Waals surface area contributed by atoms with Crippen LogP contribution in [-0.2, 0) is 0 Å². The standard InChI is InChI=1S/C16H25NO3S/c1-4-19-14-7-6-12(10-15(14)20-5-2)16(18)13-11-21-9-8-17(13)3/h6-7,10,13,16,18H,4-5,8-9,11H2,1-3H3. The molecule has 0 amide bonds. The van der Waals surface area contributed by atoms with Gasteiger partial charge in [-0.25, -0.2) is 0 Å². The first kappa shape index (κ1) is 16.5. The predicted octanol–water partition coefficient (Wildman–Crippen LogP) is 2.56. The third kappa shape index (κ3) is 4.05. The Morgan fingerprint density at radius 2 is 2.00 bits per heavy atom. The molecule has 118 valence electrons. The van der Waals surface area contributed by atoms with E-state index in [1.54, 1.807) is 0 Å². The van der Waals surface area contributed by atoms with E-state index in [1.165, 1.54) is 0 Å². The molecule has 0 bridgehead atoms. The molecule has 2 atom stereocenters. The van der Waals surface area contributed by atoms with Gasteiger partial charge in [0.1, 0.15) is 0 Å². The summed E-state index contributed by atoms with van der Waals surface area (Å²) in [5.41, 5.74) is 0.890. The van der Waals surface area contributed by atoms with Crippen molar-refractivity contribution in [1.82, 2.24) is 4.90 Å². The van der Waals surface area contributed by atoms with Crippen molar-refractivity contribution in [1.29, 1.82) is 0 Å². The molecule has 1 N–H and O–H groups in total. The summed E-state index contributed by atoms with van der Waals surface area (Å²) in [6.45, 7) is 6.10. The topological polar surface area (TPSA) is 41.9 Å². The predicted molar refractivity (Wildman–Crippen MR) is 87.5 cm³/mol. The van der Waals surface area contributed by atoms with Crippen molar-refractivity contribution in [3.8, 4) is 11.5 Å². The number of ether oxygens (including phenoxy) is 2. The molecule has 0 aromatic heterocycles. The molecule has 1 aromatic carbocycles. The first-order valence-electron chi connectivity index (χ1n) is 7.53. The molecule has 1 aliphatic heterocycles. The van der Waals surface area contributed by atoms with E-state index in [4.69, 9.17) is 9.47 Å². The lowest BCUT2D eigenvalue weighted by atomic mass is 10.0. The highest BCUT2D eigenvalue weighted by Crippen LogP contribution is 2.33. The van der Waals surface area contributed by atoms with Crippen molar-refractivity contribution in [2.24, 2.45) is 0 Å². The summed E-state index contributed by atoms with van der Waals surface area (Å²) >= 11 is 1.90. The van der Waals surface area contributed by atoms with E-state index < -0.39 is 6.10 Å². The van der Waals surface area contributed by atoms with Gasteiger partial charge in [-0.2, -0.15) is 11.8 Å². The normalized spacial score (nSPS) is 21.0. The molecular formula is C16H25NO3S. The summed E-state index contributed by atoms with van der Waals surface area (Å²) in [4.78, 5) is 2.23. The van der Waals surface area contributed by atoms with Gasteiger partial charge < -0.3 is 14.6 Å². The van der Waals surface area contributed by atoms with Crippen molar-refractivity contribution in [3.05, 3.63) is 23.8 Å². The molecule has 2 rings (SSSR count). The third-order valence-electron chi connectivity index (χ3n) is 3.72. The summed E-state index contributed by atoms with van der Waals surface area (Å²) in [6.07, 6.45) is -0.502. The summed E-state index contributed by atoms with van der Waals surface area (Å²) in [5, 5.41) is 10.7. The molecule has 0 aliphatic carbocycles. The van der Waals surface area contributed by atoms with Crippen molar-refractivity contribution in [3.63, 3.8) is 0 Å². The van der Waals surface area contributed by atoms with Gasteiger partial charge in [-0.15, -0.1) is 0 Å². The van der Waals surface area contributed by atoms with Crippen molar-refractivity contribution in [2.75, 3.05) is 38.3 Å². The smallest absolute Gasteiger partial charge is 0.161 e. The number of hydrogen-bond acceptors (Lipinski definition) is 5. The Hall–Kier alpha value is -0.910. The molecule has 1 heterocycles. The van der Waals surface area contributed by atoms with E-state index in [2.05, 4.69) is 11.9 Å². The molecule has 4 nitrogen and oxygen atoms in total. The molecule has 0 spiro atoms. The SMILES string of the molecule is CCOc1ccc(C(O)C2CSCCN2C)cc1OCC. The Morgan fingerprint density at radius 1 is 1.29 bits per heavy atom. The van der Waals surface area contributed by atoms with E-state index in [0.717, 1.165) is 29.4 Å². The van der Waals surface area contributed by atoms with Gasteiger partial charge in [0.2, 0.25) is 0 Å². The maximum atomic E-state index is 10.7. The van der Waals surface area contributed by atoms with Crippen LogP contribution in [0.2, 0.25) is 0 Å². The first-order valence-corrected chi connectivity index (χ1v) is 8.68. The van der Waals surface area contributed by atoms with E-state index in [-0.39, 0.29) is 6.04 Å². The maximum absolute atomic E-state index is 10.7.